The first kappa shape index (κ1) is 28.4. The summed E-state index contributed by atoms with van der Waals surface area (Å²) in [5.74, 6) is -2.48. The molecular weight excluding hydrogens is 493 g/mol. The second kappa shape index (κ2) is 11.5. The van der Waals surface area contributed by atoms with Gasteiger partial charge >= 0.3 is 6.18 Å². The van der Waals surface area contributed by atoms with Crippen LogP contribution in [-0.2, 0) is 4.79 Å². The Hall–Kier alpha value is -1.20. The number of hydrazine groups is 1. The third-order valence-corrected chi connectivity index (χ3v) is 7.92. The van der Waals surface area contributed by atoms with E-state index in [0.717, 1.165) is 0 Å². The Balaban J connectivity index is 1.66. The molecule has 0 bridgehead atoms. The average molecular weight is 530 g/mol. The summed E-state index contributed by atoms with van der Waals surface area (Å²) < 4.78 is 67.7. The van der Waals surface area contributed by atoms with Gasteiger partial charge in [0.15, 0.2) is 12.1 Å². The summed E-state index contributed by atoms with van der Waals surface area (Å²) in [6.07, 6.45) is -6.24. The predicted molar refractivity (Wildman–Crippen MR) is 125 cm³/mol. The highest BCUT2D eigenvalue weighted by Gasteiger charge is 2.44. The number of hydrogen-bond acceptors (Lipinski definition) is 4. The summed E-state index contributed by atoms with van der Waals surface area (Å²) in [6.45, 7) is 5.91. The van der Waals surface area contributed by atoms with Crippen LogP contribution in [0.3, 0.4) is 0 Å². The van der Waals surface area contributed by atoms with Crippen LogP contribution in [0.2, 0.25) is 0 Å². The van der Waals surface area contributed by atoms with Crippen LogP contribution in [0.25, 0.3) is 0 Å². The lowest BCUT2D eigenvalue weighted by Gasteiger charge is -2.30. The topological polar surface area (TPSA) is 77.5 Å². The Morgan fingerprint density at radius 1 is 1.03 bits per heavy atom. The summed E-state index contributed by atoms with van der Waals surface area (Å²) >= 11 is 6.31. The van der Waals surface area contributed by atoms with Crippen molar-refractivity contribution in [1.29, 1.82) is 0 Å². The summed E-state index contributed by atoms with van der Waals surface area (Å²) in [6, 6.07) is -0.498. The molecule has 2 saturated carbocycles. The second-order valence-corrected chi connectivity index (χ2v) is 11.7. The van der Waals surface area contributed by atoms with Crippen molar-refractivity contribution in [2.45, 2.75) is 102 Å². The summed E-state index contributed by atoms with van der Waals surface area (Å²) in [7, 11) is 0. The standard InChI is InChI=1S/C23H37ClF5N5O/c1-22(2,3)18-17(26)19(34-33-18)31-21(30-11-13-6-9-15(25)10-16(13)24)32-20(35)12-4-7-14(8-5-12)23(27,28)29/h12-19,33-34H,4-11H2,1-3H3,(H2,30,31,32,35). The molecule has 0 aromatic heterocycles. The number of carbonyl (C=O) groups excluding carboxylic acids is 1. The van der Waals surface area contributed by atoms with Crippen molar-refractivity contribution in [2.24, 2.45) is 28.2 Å². The molecule has 202 valence electrons. The van der Waals surface area contributed by atoms with Gasteiger partial charge in [0.1, 0.15) is 12.3 Å². The molecule has 6 atom stereocenters. The van der Waals surface area contributed by atoms with E-state index in [1.807, 2.05) is 20.8 Å². The number of amides is 1. The van der Waals surface area contributed by atoms with Crippen LogP contribution >= 0.6 is 11.6 Å². The highest BCUT2D eigenvalue weighted by atomic mass is 35.5. The quantitative estimate of drug-likeness (QED) is 0.189. The first-order chi connectivity index (χ1) is 16.3. The van der Waals surface area contributed by atoms with E-state index in [4.69, 9.17) is 11.6 Å². The Labute approximate surface area is 208 Å². The van der Waals surface area contributed by atoms with Crippen molar-refractivity contribution in [2.75, 3.05) is 6.54 Å². The Morgan fingerprint density at radius 2 is 1.69 bits per heavy atom. The summed E-state index contributed by atoms with van der Waals surface area (Å²) in [4.78, 5) is 17.3. The van der Waals surface area contributed by atoms with E-state index in [1.54, 1.807) is 0 Å². The molecule has 6 nitrogen and oxygen atoms in total. The fourth-order valence-corrected chi connectivity index (χ4v) is 5.45. The van der Waals surface area contributed by atoms with E-state index in [0.29, 0.717) is 12.8 Å². The smallest absolute Gasteiger partial charge is 0.337 e. The van der Waals surface area contributed by atoms with Crippen LogP contribution in [0.5, 0.6) is 0 Å². The number of carbonyl (C=O) groups is 1. The molecule has 12 heteroatoms. The van der Waals surface area contributed by atoms with E-state index in [9.17, 15) is 22.4 Å². The minimum absolute atomic E-state index is 0.0377. The van der Waals surface area contributed by atoms with Crippen LogP contribution in [0.15, 0.2) is 4.99 Å². The number of halogens is 6. The minimum atomic E-state index is -4.26. The summed E-state index contributed by atoms with van der Waals surface area (Å²) in [5.41, 5.74) is 5.40. The largest absolute Gasteiger partial charge is 0.391 e. The number of rotatable bonds is 4. The van der Waals surface area contributed by atoms with Crippen molar-refractivity contribution in [3.63, 3.8) is 0 Å². The Morgan fingerprint density at radius 3 is 2.23 bits per heavy atom. The van der Waals surface area contributed by atoms with E-state index >= 15 is 4.39 Å². The SMILES string of the molecule is CC(C)(C)C1NNC(NC(=NCC2CCC(F)CC2Cl)NC(=O)C2CCC(C(F)(F)F)CC2)C1F. The van der Waals surface area contributed by atoms with E-state index < -0.39 is 53.8 Å². The van der Waals surface area contributed by atoms with Crippen LogP contribution in [-0.4, -0.2) is 54.5 Å². The fraction of sp³-hybridized carbons (Fsp3) is 0.913. The maximum atomic E-state index is 15.1. The lowest BCUT2D eigenvalue weighted by molar-refractivity contribution is -0.184. The van der Waals surface area contributed by atoms with Crippen molar-refractivity contribution in [3.8, 4) is 0 Å². The lowest BCUT2D eigenvalue weighted by atomic mass is 9.81. The molecule has 0 spiro atoms. The zero-order chi connectivity index (χ0) is 26.0. The van der Waals surface area contributed by atoms with Gasteiger partial charge in [-0.25, -0.2) is 19.6 Å². The number of hydrogen-bond donors (Lipinski definition) is 4. The summed E-state index contributed by atoms with van der Waals surface area (Å²) in [5, 5.41) is 5.18. The van der Waals surface area contributed by atoms with Crippen LogP contribution in [0.4, 0.5) is 22.0 Å². The van der Waals surface area contributed by atoms with Gasteiger partial charge in [-0.1, -0.05) is 20.8 Å². The van der Waals surface area contributed by atoms with Crippen LogP contribution in [0, 0.1) is 23.2 Å². The molecule has 35 heavy (non-hydrogen) atoms. The fourth-order valence-electron chi connectivity index (χ4n) is 5.06. The van der Waals surface area contributed by atoms with Gasteiger partial charge in [-0.2, -0.15) is 13.2 Å². The monoisotopic (exact) mass is 529 g/mol. The second-order valence-electron chi connectivity index (χ2n) is 11.2. The van der Waals surface area contributed by atoms with E-state index in [1.165, 1.54) is 0 Å². The highest BCUT2D eigenvalue weighted by molar-refractivity contribution is 6.20. The minimum Gasteiger partial charge on any atom is -0.337 e. The van der Waals surface area contributed by atoms with Gasteiger partial charge in [0, 0.05) is 17.8 Å². The molecule has 0 aromatic carbocycles. The predicted octanol–water partition coefficient (Wildman–Crippen LogP) is 4.35. The molecule has 0 aromatic rings. The number of alkyl halides is 6. The number of aliphatic imine (C=N–C) groups is 1. The van der Waals surface area contributed by atoms with Crippen LogP contribution in [0.1, 0.15) is 65.7 Å². The Kier molecular flexibility index (Phi) is 9.29. The zero-order valence-corrected chi connectivity index (χ0v) is 21.2. The maximum Gasteiger partial charge on any atom is 0.391 e. The molecular formula is C23H37ClF5N5O. The molecule has 1 aliphatic heterocycles. The lowest BCUT2D eigenvalue weighted by Crippen LogP contribution is -2.54. The van der Waals surface area contributed by atoms with Gasteiger partial charge in [-0.05, 0) is 56.3 Å². The van der Waals surface area contributed by atoms with Crippen molar-refractivity contribution < 1.29 is 26.7 Å². The molecule has 4 N–H and O–H groups in total. The van der Waals surface area contributed by atoms with Crippen molar-refractivity contribution in [3.05, 3.63) is 0 Å². The van der Waals surface area contributed by atoms with Crippen LogP contribution < -0.4 is 21.5 Å². The molecule has 1 saturated heterocycles. The molecule has 3 rings (SSSR count). The molecule has 6 unspecified atom stereocenters. The van der Waals surface area contributed by atoms with E-state index in [2.05, 4.69) is 26.5 Å². The number of guanidine groups is 1. The normalized spacial score (nSPS) is 37.2. The van der Waals surface area contributed by atoms with Gasteiger partial charge < -0.3 is 5.32 Å². The first-order valence-electron chi connectivity index (χ1n) is 12.4. The zero-order valence-electron chi connectivity index (χ0n) is 20.4. The average Bonchev–Trinajstić information content (AvgIpc) is 3.13. The molecule has 0 radical (unpaired) electrons. The third kappa shape index (κ3) is 7.64. The van der Waals surface area contributed by atoms with Gasteiger partial charge in [0.05, 0.1) is 12.0 Å². The van der Waals surface area contributed by atoms with Crippen molar-refractivity contribution in [1.82, 2.24) is 21.5 Å². The number of nitrogens with one attached hydrogen (secondary N) is 4. The Bertz CT molecular complexity index is 754. The molecule has 3 aliphatic rings. The van der Waals surface area contributed by atoms with Gasteiger partial charge in [-0.3, -0.25) is 15.1 Å². The third-order valence-electron chi connectivity index (χ3n) is 7.39. The molecule has 1 heterocycles. The first-order valence-corrected chi connectivity index (χ1v) is 12.8. The van der Waals surface area contributed by atoms with Gasteiger partial charge in [-0.15, -0.1) is 11.6 Å². The van der Waals surface area contributed by atoms with Gasteiger partial charge in [0.25, 0.3) is 0 Å². The van der Waals surface area contributed by atoms with Gasteiger partial charge in [0.2, 0.25) is 5.91 Å². The molecule has 2 aliphatic carbocycles. The number of nitrogens with zero attached hydrogens (tertiary/aromatic N) is 1. The molecule has 3 fully saturated rings. The van der Waals surface area contributed by atoms with Crippen molar-refractivity contribution >= 4 is 23.5 Å². The highest BCUT2D eigenvalue weighted by Crippen LogP contribution is 2.39. The maximum absolute atomic E-state index is 15.1. The molecule has 1 amide bonds. The van der Waals surface area contributed by atoms with E-state index in [-0.39, 0.29) is 55.9 Å².